The second-order valence-electron chi connectivity index (χ2n) is 4.37. The van der Waals surface area contributed by atoms with Gasteiger partial charge in [-0.15, -0.1) is 0 Å². The van der Waals surface area contributed by atoms with Crippen LogP contribution in [0.25, 0.3) is 0 Å². The highest BCUT2D eigenvalue weighted by molar-refractivity contribution is 7.92. The van der Waals surface area contributed by atoms with Crippen LogP contribution in [0.2, 0.25) is 0 Å². The molecular formula is C11H12N4O5S. The molecular weight excluding hydrogens is 300 g/mol. The number of rotatable bonds is 4. The third-order valence-electron chi connectivity index (χ3n) is 2.67. The summed E-state index contributed by atoms with van der Waals surface area (Å²) in [7, 11) is -4.05. The molecule has 0 aliphatic heterocycles. The molecule has 112 valence electrons. The molecule has 0 unspecified atom stereocenters. The number of aryl methyl sites for hydroxylation is 2. The monoisotopic (exact) mass is 312 g/mol. The van der Waals surface area contributed by atoms with Crippen molar-refractivity contribution in [1.29, 1.82) is 0 Å². The second-order valence-corrected chi connectivity index (χ2v) is 6.02. The molecule has 21 heavy (non-hydrogen) atoms. The summed E-state index contributed by atoms with van der Waals surface area (Å²) < 4.78 is 31.4. The Morgan fingerprint density at radius 2 is 2.00 bits per heavy atom. The number of nitrogens with two attached hydrogens (primary N) is 1. The van der Waals surface area contributed by atoms with Crippen molar-refractivity contribution in [2.45, 2.75) is 18.7 Å². The predicted molar refractivity (Wildman–Crippen MR) is 74.3 cm³/mol. The third kappa shape index (κ3) is 2.94. The van der Waals surface area contributed by atoms with E-state index >= 15 is 0 Å². The molecule has 0 aliphatic rings. The molecule has 0 saturated carbocycles. The standard InChI is InChI=1S/C11H12N4O5S/c1-6-3-8(12)9(15(16)17)5-10(6)21(18,19)14-11-4-7(2)13-20-11/h3-5,14H,12H2,1-2H3. The average Bonchev–Trinajstić information content (AvgIpc) is 2.72. The molecule has 3 N–H and O–H groups in total. The summed E-state index contributed by atoms with van der Waals surface area (Å²) in [5.74, 6) is -0.0774. The van der Waals surface area contributed by atoms with Crippen LogP contribution in [0, 0.1) is 24.0 Å². The third-order valence-corrected chi connectivity index (χ3v) is 4.16. The van der Waals surface area contributed by atoms with E-state index in [1.165, 1.54) is 19.1 Å². The fourth-order valence-corrected chi connectivity index (χ4v) is 2.97. The molecule has 0 aliphatic carbocycles. The maximum atomic E-state index is 12.3. The van der Waals surface area contributed by atoms with Gasteiger partial charge in [-0.1, -0.05) is 5.16 Å². The van der Waals surface area contributed by atoms with Gasteiger partial charge in [-0.25, -0.2) is 13.1 Å². The molecule has 1 aromatic carbocycles. The molecule has 1 aromatic heterocycles. The first-order valence-electron chi connectivity index (χ1n) is 5.71. The van der Waals surface area contributed by atoms with Crippen molar-refractivity contribution in [1.82, 2.24) is 5.16 Å². The van der Waals surface area contributed by atoms with Crippen LogP contribution in [0.1, 0.15) is 11.3 Å². The van der Waals surface area contributed by atoms with Crippen LogP contribution >= 0.6 is 0 Å². The molecule has 0 amide bonds. The van der Waals surface area contributed by atoms with E-state index in [0.29, 0.717) is 5.69 Å². The molecule has 2 rings (SSSR count). The summed E-state index contributed by atoms with van der Waals surface area (Å²) in [6, 6.07) is 3.53. The number of benzene rings is 1. The molecule has 10 heteroatoms. The Balaban J connectivity index is 2.49. The number of anilines is 2. The van der Waals surface area contributed by atoms with E-state index in [9.17, 15) is 18.5 Å². The zero-order chi connectivity index (χ0) is 15.8. The number of nitro benzene ring substituents is 1. The van der Waals surface area contributed by atoms with Gasteiger partial charge in [0.05, 0.1) is 15.5 Å². The van der Waals surface area contributed by atoms with Crippen LogP contribution in [0.3, 0.4) is 0 Å². The minimum atomic E-state index is -4.05. The molecule has 0 fully saturated rings. The van der Waals surface area contributed by atoms with Gasteiger partial charge in [0.2, 0.25) is 5.88 Å². The summed E-state index contributed by atoms with van der Waals surface area (Å²) in [4.78, 5) is 9.86. The summed E-state index contributed by atoms with van der Waals surface area (Å²) >= 11 is 0. The van der Waals surface area contributed by atoms with Crippen LogP contribution in [-0.2, 0) is 10.0 Å². The first-order valence-corrected chi connectivity index (χ1v) is 7.19. The predicted octanol–water partition coefficient (Wildman–Crippen LogP) is 1.58. The van der Waals surface area contributed by atoms with E-state index in [1.807, 2.05) is 0 Å². The summed E-state index contributed by atoms with van der Waals surface area (Å²) in [6.45, 7) is 3.11. The average molecular weight is 312 g/mol. The molecule has 2 aromatic rings. The quantitative estimate of drug-likeness (QED) is 0.496. The smallest absolute Gasteiger partial charge is 0.293 e. The van der Waals surface area contributed by atoms with Crippen LogP contribution in [0.5, 0.6) is 0 Å². The maximum Gasteiger partial charge on any atom is 0.293 e. The highest BCUT2D eigenvalue weighted by Gasteiger charge is 2.24. The lowest BCUT2D eigenvalue weighted by Crippen LogP contribution is -2.14. The molecule has 0 atom stereocenters. The maximum absolute atomic E-state index is 12.3. The lowest BCUT2D eigenvalue weighted by molar-refractivity contribution is -0.384. The Hall–Kier alpha value is -2.62. The van der Waals surface area contributed by atoms with E-state index in [1.54, 1.807) is 6.92 Å². The summed E-state index contributed by atoms with van der Waals surface area (Å²) in [5, 5.41) is 14.4. The normalized spacial score (nSPS) is 11.3. The Morgan fingerprint density at radius 3 is 2.52 bits per heavy atom. The van der Waals surface area contributed by atoms with Gasteiger partial charge < -0.3 is 10.3 Å². The Labute approximate surface area is 119 Å². The number of sulfonamides is 1. The van der Waals surface area contributed by atoms with Crippen molar-refractivity contribution in [3.63, 3.8) is 0 Å². The number of hydrogen-bond donors (Lipinski definition) is 2. The van der Waals surface area contributed by atoms with Crippen molar-refractivity contribution in [3.8, 4) is 0 Å². The number of hydrogen-bond acceptors (Lipinski definition) is 7. The Kier molecular flexibility index (Phi) is 3.56. The SMILES string of the molecule is Cc1cc(NS(=O)(=O)c2cc([N+](=O)[O-])c(N)cc2C)on1. The van der Waals surface area contributed by atoms with E-state index in [4.69, 9.17) is 10.3 Å². The zero-order valence-corrected chi connectivity index (χ0v) is 12.0. The van der Waals surface area contributed by atoms with Gasteiger partial charge in [0.1, 0.15) is 5.69 Å². The number of nitrogens with zero attached hydrogens (tertiary/aromatic N) is 2. The van der Waals surface area contributed by atoms with Crippen LogP contribution in [0.15, 0.2) is 27.6 Å². The Morgan fingerprint density at radius 1 is 1.33 bits per heavy atom. The van der Waals surface area contributed by atoms with Crippen LogP contribution in [-0.4, -0.2) is 18.5 Å². The van der Waals surface area contributed by atoms with E-state index in [2.05, 4.69) is 9.88 Å². The lowest BCUT2D eigenvalue weighted by Gasteiger charge is -2.09. The van der Waals surface area contributed by atoms with Crippen molar-refractivity contribution < 1.29 is 17.9 Å². The molecule has 9 nitrogen and oxygen atoms in total. The lowest BCUT2D eigenvalue weighted by atomic mass is 10.2. The number of aromatic nitrogens is 1. The number of nitrogens with one attached hydrogen (secondary N) is 1. The summed E-state index contributed by atoms with van der Waals surface area (Å²) in [5.41, 5.74) is 5.70. The van der Waals surface area contributed by atoms with E-state index < -0.39 is 20.6 Å². The van der Waals surface area contributed by atoms with Gasteiger partial charge in [-0.3, -0.25) is 10.1 Å². The van der Waals surface area contributed by atoms with Gasteiger partial charge in [0.25, 0.3) is 15.7 Å². The van der Waals surface area contributed by atoms with Gasteiger partial charge >= 0.3 is 0 Å². The minimum absolute atomic E-state index is 0.0774. The molecule has 0 radical (unpaired) electrons. The first-order chi connectivity index (χ1) is 9.70. The minimum Gasteiger partial charge on any atom is -0.393 e. The second kappa shape index (κ2) is 5.05. The first kappa shape index (κ1) is 14.8. The largest absolute Gasteiger partial charge is 0.393 e. The fourth-order valence-electron chi connectivity index (χ4n) is 1.75. The van der Waals surface area contributed by atoms with Crippen molar-refractivity contribution in [3.05, 3.63) is 39.6 Å². The molecule has 1 heterocycles. The number of nitrogen functional groups attached to an aromatic ring is 1. The van der Waals surface area contributed by atoms with Gasteiger partial charge in [-0.2, -0.15) is 0 Å². The zero-order valence-electron chi connectivity index (χ0n) is 11.2. The van der Waals surface area contributed by atoms with Gasteiger partial charge in [-0.05, 0) is 25.5 Å². The number of nitro groups is 1. The molecule has 0 bridgehead atoms. The van der Waals surface area contributed by atoms with E-state index in [-0.39, 0.29) is 22.0 Å². The van der Waals surface area contributed by atoms with Crippen molar-refractivity contribution >= 4 is 27.3 Å². The molecule has 0 saturated heterocycles. The fraction of sp³-hybridized carbons (Fsp3) is 0.182. The van der Waals surface area contributed by atoms with Crippen molar-refractivity contribution in [2.75, 3.05) is 10.5 Å². The van der Waals surface area contributed by atoms with E-state index in [0.717, 1.165) is 6.07 Å². The van der Waals surface area contributed by atoms with Gasteiger partial charge in [0.15, 0.2) is 0 Å². The Bertz CT molecular complexity index is 812. The van der Waals surface area contributed by atoms with Gasteiger partial charge in [0, 0.05) is 12.1 Å². The summed E-state index contributed by atoms with van der Waals surface area (Å²) in [6.07, 6.45) is 0. The highest BCUT2D eigenvalue weighted by atomic mass is 32.2. The van der Waals surface area contributed by atoms with Crippen LogP contribution in [0.4, 0.5) is 17.3 Å². The topological polar surface area (TPSA) is 141 Å². The molecule has 0 spiro atoms. The highest BCUT2D eigenvalue weighted by Crippen LogP contribution is 2.29. The van der Waals surface area contributed by atoms with Crippen molar-refractivity contribution in [2.24, 2.45) is 0 Å². The van der Waals surface area contributed by atoms with Crippen LogP contribution < -0.4 is 10.5 Å².